The standard InChI is InChI=1S/C22H31N5O8/c1-11(2)18(24)21(33)26-14(10-17(29)30)20(32)25-13(8-12-6-4-3-5-7-12)19(31)27-15(22(34)35)9-16(23)28/h3-7,11,13-15,18H,8-10,24H2,1-2H3,(H2,23,28)(H,25,32)(H,26,33)(H,27,31)(H,29,30)(H,34,35). The molecule has 35 heavy (non-hydrogen) atoms. The van der Waals surface area contributed by atoms with Crippen molar-refractivity contribution in [3.63, 3.8) is 0 Å². The zero-order valence-corrected chi connectivity index (χ0v) is 19.4. The van der Waals surface area contributed by atoms with Gasteiger partial charge >= 0.3 is 11.9 Å². The van der Waals surface area contributed by atoms with E-state index in [0.717, 1.165) is 0 Å². The highest BCUT2D eigenvalue weighted by Crippen LogP contribution is 2.07. The predicted octanol–water partition coefficient (Wildman–Crippen LogP) is -1.90. The Hall–Kier alpha value is -4.00. The zero-order chi connectivity index (χ0) is 26.7. The van der Waals surface area contributed by atoms with Crippen LogP contribution in [0, 0.1) is 5.92 Å². The van der Waals surface area contributed by atoms with Gasteiger partial charge in [-0.25, -0.2) is 4.79 Å². The third-order valence-corrected chi connectivity index (χ3v) is 4.97. The number of carbonyl (C=O) groups is 6. The van der Waals surface area contributed by atoms with E-state index in [9.17, 15) is 39.0 Å². The molecule has 4 amide bonds. The van der Waals surface area contributed by atoms with Crippen LogP contribution in [-0.4, -0.2) is 69.9 Å². The van der Waals surface area contributed by atoms with E-state index in [0.29, 0.717) is 5.56 Å². The molecule has 13 nitrogen and oxygen atoms in total. The lowest BCUT2D eigenvalue weighted by atomic mass is 10.0. The molecular weight excluding hydrogens is 462 g/mol. The number of hydrogen-bond donors (Lipinski definition) is 7. The number of primary amides is 1. The Kier molecular flexibility index (Phi) is 11.3. The molecule has 4 unspecified atom stereocenters. The molecule has 0 bridgehead atoms. The fourth-order valence-corrected chi connectivity index (χ4v) is 2.96. The third-order valence-electron chi connectivity index (χ3n) is 4.97. The SMILES string of the molecule is CC(C)C(N)C(=O)NC(CC(=O)O)C(=O)NC(Cc1ccccc1)C(=O)NC(CC(N)=O)C(=O)O. The van der Waals surface area contributed by atoms with Gasteiger partial charge in [-0.3, -0.25) is 24.0 Å². The zero-order valence-electron chi connectivity index (χ0n) is 19.4. The second-order valence-electron chi connectivity index (χ2n) is 8.25. The van der Waals surface area contributed by atoms with Crippen LogP contribution in [0.2, 0.25) is 0 Å². The van der Waals surface area contributed by atoms with Crippen molar-refractivity contribution < 1.29 is 39.0 Å². The molecule has 1 aromatic carbocycles. The first kappa shape index (κ1) is 29.0. The van der Waals surface area contributed by atoms with E-state index < -0.39 is 72.6 Å². The summed E-state index contributed by atoms with van der Waals surface area (Å²) in [6, 6.07) is 2.82. The van der Waals surface area contributed by atoms with E-state index in [-0.39, 0.29) is 12.3 Å². The summed E-state index contributed by atoms with van der Waals surface area (Å²) in [5.41, 5.74) is 11.4. The smallest absolute Gasteiger partial charge is 0.326 e. The molecule has 0 saturated carbocycles. The van der Waals surface area contributed by atoms with Crippen LogP contribution in [0.3, 0.4) is 0 Å². The van der Waals surface area contributed by atoms with E-state index in [4.69, 9.17) is 11.5 Å². The van der Waals surface area contributed by atoms with Crippen molar-refractivity contribution in [2.75, 3.05) is 0 Å². The second-order valence-corrected chi connectivity index (χ2v) is 8.25. The Balaban J connectivity index is 3.15. The van der Waals surface area contributed by atoms with E-state index in [1.54, 1.807) is 44.2 Å². The molecule has 0 aliphatic heterocycles. The van der Waals surface area contributed by atoms with Gasteiger partial charge in [-0.1, -0.05) is 44.2 Å². The molecule has 0 heterocycles. The predicted molar refractivity (Wildman–Crippen MR) is 122 cm³/mol. The number of benzene rings is 1. The van der Waals surface area contributed by atoms with Crippen LogP contribution in [0.1, 0.15) is 32.3 Å². The monoisotopic (exact) mass is 493 g/mol. The van der Waals surface area contributed by atoms with Gasteiger partial charge in [0.15, 0.2) is 0 Å². The van der Waals surface area contributed by atoms with Gasteiger partial charge in [0.2, 0.25) is 23.6 Å². The number of nitrogens with two attached hydrogens (primary N) is 2. The molecule has 0 saturated heterocycles. The summed E-state index contributed by atoms with van der Waals surface area (Å²) in [6.07, 6.45) is -1.57. The molecule has 0 fully saturated rings. The minimum atomic E-state index is -1.64. The first-order chi connectivity index (χ1) is 16.3. The fourth-order valence-electron chi connectivity index (χ4n) is 2.96. The molecule has 9 N–H and O–H groups in total. The largest absolute Gasteiger partial charge is 0.481 e. The average Bonchev–Trinajstić information content (AvgIpc) is 2.76. The summed E-state index contributed by atoms with van der Waals surface area (Å²) in [7, 11) is 0. The molecule has 4 atom stereocenters. The molecule has 0 aliphatic rings. The van der Waals surface area contributed by atoms with E-state index in [1.165, 1.54) is 0 Å². The number of carbonyl (C=O) groups excluding carboxylic acids is 4. The van der Waals surface area contributed by atoms with Crippen LogP contribution in [0.15, 0.2) is 30.3 Å². The lowest BCUT2D eigenvalue weighted by molar-refractivity contribution is -0.144. The topological polar surface area (TPSA) is 231 Å². The highest BCUT2D eigenvalue weighted by molar-refractivity contribution is 5.96. The third kappa shape index (κ3) is 10.2. The summed E-state index contributed by atoms with van der Waals surface area (Å²) < 4.78 is 0. The van der Waals surface area contributed by atoms with Crippen LogP contribution in [-0.2, 0) is 35.2 Å². The Morgan fingerprint density at radius 2 is 1.31 bits per heavy atom. The number of nitrogens with one attached hydrogen (secondary N) is 3. The van der Waals surface area contributed by atoms with E-state index in [1.807, 2.05) is 0 Å². The minimum Gasteiger partial charge on any atom is -0.481 e. The van der Waals surface area contributed by atoms with Crippen LogP contribution in [0.4, 0.5) is 0 Å². The molecule has 1 rings (SSSR count). The maximum Gasteiger partial charge on any atom is 0.326 e. The first-order valence-corrected chi connectivity index (χ1v) is 10.7. The number of rotatable bonds is 14. The number of amides is 4. The van der Waals surface area contributed by atoms with Crippen molar-refractivity contribution in [1.29, 1.82) is 0 Å². The highest BCUT2D eigenvalue weighted by Gasteiger charge is 2.32. The first-order valence-electron chi connectivity index (χ1n) is 10.7. The van der Waals surface area contributed by atoms with Gasteiger partial charge in [0.05, 0.1) is 18.9 Å². The normalized spacial score (nSPS) is 14.2. The minimum absolute atomic E-state index is 0.0967. The van der Waals surface area contributed by atoms with Gasteiger partial charge in [-0.05, 0) is 11.5 Å². The Morgan fingerprint density at radius 3 is 1.80 bits per heavy atom. The summed E-state index contributed by atoms with van der Waals surface area (Å²) in [6.45, 7) is 3.34. The van der Waals surface area contributed by atoms with Gasteiger partial charge in [0.25, 0.3) is 0 Å². The van der Waals surface area contributed by atoms with Crippen LogP contribution in [0.5, 0.6) is 0 Å². The van der Waals surface area contributed by atoms with E-state index >= 15 is 0 Å². The van der Waals surface area contributed by atoms with Gasteiger partial charge in [0, 0.05) is 6.42 Å². The van der Waals surface area contributed by atoms with Crippen LogP contribution >= 0.6 is 0 Å². The molecular formula is C22H31N5O8. The summed E-state index contributed by atoms with van der Waals surface area (Å²) >= 11 is 0. The number of carboxylic acid groups (broad SMARTS) is 2. The summed E-state index contributed by atoms with van der Waals surface area (Å²) in [4.78, 5) is 72.0. The molecule has 13 heteroatoms. The molecule has 192 valence electrons. The van der Waals surface area contributed by atoms with Crippen LogP contribution in [0.25, 0.3) is 0 Å². The van der Waals surface area contributed by atoms with Gasteiger partial charge < -0.3 is 37.6 Å². The number of carboxylic acids is 2. The van der Waals surface area contributed by atoms with Crippen molar-refractivity contribution >= 4 is 35.6 Å². The lowest BCUT2D eigenvalue weighted by Gasteiger charge is -2.25. The maximum atomic E-state index is 12.9. The Bertz CT molecular complexity index is 937. The number of hydrogen-bond acceptors (Lipinski definition) is 7. The van der Waals surface area contributed by atoms with E-state index in [2.05, 4.69) is 16.0 Å². The van der Waals surface area contributed by atoms with Gasteiger partial charge in [0.1, 0.15) is 18.1 Å². The molecule has 0 aromatic heterocycles. The molecule has 0 spiro atoms. The van der Waals surface area contributed by atoms with Gasteiger partial charge in [-0.15, -0.1) is 0 Å². The molecule has 0 aliphatic carbocycles. The molecule has 0 radical (unpaired) electrons. The maximum absolute atomic E-state index is 12.9. The summed E-state index contributed by atoms with van der Waals surface area (Å²) in [5, 5.41) is 25.2. The van der Waals surface area contributed by atoms with Crippen molar-refractivity contribution in [3.8, 4) is 0 Å². The van der Waals surface area contributed by atoms with Crippen molar-refractivity contribution in [1.82, 2.24) is 16.0 Å². The van der Waals surface area contributed by atoms with Crippen molar-refractivity contribution in [2.45, 2.75) is 57.3 Å². The van der Waals surface area contributed by atoms with Crippen LogP contribution < -0.4 is 27.4 Å². The Morgan fingerprint density at radius 1 is 0.800 bits per heavy atom. The van der Waals surface area contributed by atoms with Crippen molar-refractivity contribution in [2.24, 2.45) is 17.4 Å². The highest BCUT2D eigenvalue weighted by atomic mass is 16.4. The van der Waals surface area contributed by atoms with Crippen molar-refractivity contribution in [3.05, 3.63) is 35.9 Å². The average molecular weight is 494 g/mol. The second kappa shape index (κ2) is 13.6. The lowest BCUT2D eigenvalue weighted by Crippen LogP contribution is -2.58. The quantitative estimate of drug-likeness (QED) is 0.153. The Labute approximate surface area is 201 Å². The van der Waals surface area contributed by atoms with Gasteiger partial charge in [-0.2, -0.15) is 0 Å². The molecule has 1 aromatic rings. The fraction of sp³-hybridized carbons (Fsp3) is 0.455. The number of aliphatic carboxylic acids is 2. The summed E-state index contributed by atoms with van der Waals surface area (Å²) in [5.74, 6) is -6.85.